The van der Waals surface area contributed by atoms with Gasteiger partial charge >= 0.3 is 5.97 Å². The van der Waals surface area contributed by atoms with Gasteiger partial charge < -0.3 is 10.5 Å². The second-order valence-corrected chi connectivity index (χ2v) is 2.43. The van der Waals surface area contributed by atoms with Gasteiger partial charge in [-0.05, 0) is 19.8 Å². The lowest BCUT2D eigenvalue weighted by atomic mass is 10.1. The minimum absolute atomic E-state index is 0.278. The Morgan fingerprint density at radius 3 is 2.17 bits per heavy atom. The first kappa shape index (κ1) is 11.0. The molecule has 0 aromatic rings. The summed E-state index contributed by atoms with van der Waals surface area (Å²) < 4.78 is 4.84. The van der Waals surface area contributed by atoms with Crippen LogP contribution < -0.4 is 5.73 Å². The number of ether oxygens (including phenoxy) is 1. The van der Waals surface area contributed by atoms with E-state index in [0.29, 0.717) is 30.7 Å². The molecular formula is C9H17NO2. The molecule has 0 unspecified atom stereocenters. The number of hydrogen-bond acceptors (Lipinski definition) is 3. The van der Waals surface area contributed by atoms with Crippen LogP contribution in [0.4, 0.5) is 0 Å². The lowest BCUT2D eigenvalue weighted by Gasteiger charge is -2.07. The van der Waals surface area contributed by atoms with Crippen LogP contribution in [0.3, 0.4) is 0 Å². The van der Waals surface area contributed by atoms with Crippen molar-refractivity contribution in [2.24, 2.45) is 5.73 Å². The summed E-state index contributed by atoms with van der Waals surface area (Å²) in [4.78, 5) is 11.2. The quantitative estimate of drug-likeness (QED) is 0.516. The SMILES string of the molecule is CCOC(=O)C(CC)=C(N)CC. The Kier molecular flexibility index (Phi) is 5.17. The molecule has 0 bridgehead atoms. The van der Waals surface area contributed by atoms with Crippen LogP contribution >= 0.6 is 0 Å². The first-order valence-electron chi connectivity index (χ1n) is 4.31. The molecule has 0 radical (unpaired) electrons. The Hall–Kier alpha value is -0.990. The van der Waals surface area contributed by atoms with E-state index in [4.69, 9.17) is 10.5 Å². The summed E-state index contributed by atoms with van der Waals surface area (Å²) in [6, 6.07) is 0. The molecule has 2 N–H and O–H groups in total. The number of nitrogens with two attached hydrogens (primary N) is 1. The van der Waals surface area contributed by atoms with Gasteiger partial charge in [-0.3, -0.25) is 0 Å². The molecular weight excluding hydrogens is 154 g/mol. The summed E-state index contributed by atoms with van der Waals surface area (Å²) in [7, 11) is 0. The Labute approximate surface area is 73.6 Å². The van der Waals surface area contributed by atoms with Crippen molar-refractivity contribution in [3.8, 4) is 0 Å². The summed E-state index contributed by atoms with van der Waals surface area (Å²) in [6.45, 7) is 6.01. The predicted octanol–water partition coefficient (Wildman–Crippen LogP) is 1.58. The fourth-order valence-corrected chi connectivity index (χ4v) is 0.934. The van der Waals surface area contributed by atoms with E-state index in [0.717, 1.165) is 0 Å². The zero-order chi connectivity index (χ0) is 9.56. The van der Waals surface area contributed by atoms with E-state index in [-0.39, 0.29) is 5.97 Å². The predicted molar refractivity (Wildman–Crippen MR) is 48.4 cm³/mol. The highest BCUT2D eigenvalue weighted by molar-refractivity contribution is 5.89. The van der Waals surface area contributed by atoms with E-state index in [1.807, 2.05) is 13.8 Å². The van der Waals surface area contributed by atoms with Crippen LogP contribution in [0.25, 0.3) is 0 Å². The number of carbonyl (C=O) groups excluding carboxylic acids is 1. The van der Waals surface area contributed by atoms with Crippen molar-refractivity contribution in [3.05, 3.63) is 11.3 Å². The number of rotatable bonds is 4. The van der Waals surface area contributed by atoms with Crippen LogP contribution in [-0.2, 0) is 9.53 Å². The maximum Gasteiger partial charge on any atom is 0.335 e. The van der Waals surface area contributed by atoms with Gasteiger partial charge in [-0.25, -0.2) is 4.79 Å². The Bertz CT molecular complexity index is 185. The van der Waals surface area contributed by atoms with Gasteiger partial charge in [0.15, 0.2) is 0 Å². The average Bonchev–Trinajstić information content (AvgIpc) is 2.06. The molecule has 3 nitrogen and oxygen atoms in total. The number of carbonyl (C=O) groups is 1. The van der Waals surface area contributed by atoms with Crippen LogP contribution in [0.15, 0.2) is 11.3 Å². The Morgan fingerprint density at radius 1 is 1.25 bits per heavy atom. The van der Waals surface area contributed by atoms with Crippen molar-refractivity contribution in [1.29, 1.82) is 0 Å². The van der Waals surface area contributed by atoms with E-state index in [9.17, 15) is 4.79 Å². The van der Waals surface area contributed by atoms with E-state index in [1.165, 1.54) is 0 Å². The van der Waals surface area contributed by atoms with Crippen molar-refractivity contribution in [2.45, 2.75) is 33.6 Å². The van der Waals surface area contributed by atoms with Crippen LogP contribution in [-0.4, -0.2) is 12.6 Å². The molecule has 3 heteroatoms. The van der Waals surface area contributed by atoms with E-state index in [1.54, 1.807) is 6.92 Å². The molecule has 0 aliphatic heterocycles. The second kappa shape index (κ2) is 5.63. The van der Waals surface area contributed by atoms with Gasteiger partial charge in [0.25, 0.3) is 0 Å². The number of hydrogen-bond donors (Lipinski definition) is 1. The standard InChI is InChI=1S/C9H17NO2/c1-4-7(8(10)5-2)9(11)12-6-3/h4-6,10H2,1-3H3. The molecule has 0 aliphatic rings. The lowest BCUT2D eigenvalue weighted by Crippen LogP contribution is -2.13. The van der Waals surface area contributed by atoms with E-state index < -0.39 is 0 Å². The normalized spacial score (nSPS) is 12.2. The Morgan fingerprint density at radius 2 is 1.83 bits per heavy atom. The summed E-state index contributed by atoms with van der Waals surface area (Å²) in [5.74, 6) is -0.278. The maximum atomic E-state index is 11.2. The van der Waals surface area contributed by atoms with Crippen LogP contribution in [0, 0.1) is 0 Å². The fourth-order valence-electron chi connectivity index (χ4n) is 0.934. The molecule has 0 heterocycles. The molecule has 0 aromatic carbocycles. The summed E-state index contributed by atoms with van der Waals surface area (Å²) in [6.07, 6.45) is 1.33. The molecule has 0 fully saturated rings. The third-order valence-corrected chi connectivity index (χ3v) is 1.64. The van der Waals surface area contributed by atoms with E-state index >= 15 is 0 Å². The zero-order valence-corrected chi connectivity index (χ0v) is 8.02. The largest absolute Gasteiger partial charge is 0.463 e. The summed E-state index contributed by atoms with van der Waals surface area (Å²) >= 11 is 0. The van der Waals surface area contributed by atoms with Gasteiger partial charge in [0, 0.05) is 5.70 Å². The average molecular weight is 171 g/mol. The van der Waals surface area contributed by atoms with Gasteiger partial charge in [0.1, 0.15) is 0 Å². The molecule has 0 atom stereocenters. The van der Waals surface area contributed by atoms with E-state index in [2.05, 4.69) is 0 Å². The lowest BCUT2D eigenvalue weighted by molar-refractivity contribution is -0.138. The maximum absolute atomic E-state index is 11.2. The van der Waals surface area contributed by atoms with Crippen LogP contribution in [0.1, 0.15) is 33.6 Å². The second-order valence-electron chi connectivity index (χ2n) is 2.43. The van der Waals surface area contributed by atoms with Crippen molar-refractivity contribution >= 4 is 5.97 Å². The molecule has 12 heavy (non-hydrogen) atoms. The third-order valence-electron chi connectivity index (χ3n) is 1.64. The molecule has 0 rings (SSSR count). The molecule has 70 valence electrons. The Balaban J connectivity index is 4.44. The van der Waals surface area contributed by atoms with Crippen molar-refractivity contribution in [1.82, 2.24) is 0 Å². The minimum Gasteiger partial charge on any atom is -0.463 e. The van der Waals surface area contributed by atoms with Gasteiger partial charge in [-0.1, -0.05) is 13.8 Å². The third kappa shape index (κ3) is 2.95. The van der Waals surface area contributed by atoms with Crippen LogP contribution in [0.2, 0.25) is 0 Å². The molecule has 0 aromatic heterocycles. The highest BCUT2D eigenvalue weighted by atomic mass is 16.5. The number of allylic oxidation sites excluding steroid dienone is 1. The van der Waals surface area contributed by atoms with Crippen molar-refractivity contribution in [3.63, 3.8) is 0 Å². The zero-order valence-electron chi connectivity index (χ0n) is 8.02. The van der Waals surface area contributed by atoms with Crippen molar-refractivity contribution in [2.75, 3.05) is 6.61 Å². The molecule has 0 saturated heterocycles. The minimum atomic E-state index is -0.278. The monoisotopic (exact) mass is 171 g/mol. The first-order valence-corrected chi connectivity index (χ1v) is 4.31. The smallest absolute Gasteiger partial charge is 0.335 e. The highest BCUT2D eigenvalue weighted by Gasteiger charge is 2.10. The highest BCUT2D eigenvalue weighted by Crippen LogP contribution is 2.09. The first-order chi connectivity index (χ1) is 5.67. The van der Waals surface area contributed by atoms with Gasteiger partial charge in [-0.15, -0.1) is 0 Å². The topological polar surface area (TPSA) is 52.3 Å². The van der Waals surface area contributed by atoms with Gasteiger partial charge in [-0.2, -0.15) is 0 Å². The van der Waals surface area contributed by atoms with Gasteiger partial charge in [0.2, 0.25) is 0 Å². The summed E-state index contributed by atoms with van der Waals surface area (Å²) in [5, 5.41) is 0. The summed E-state index contributed by atoms with van der Waals surface area (Å²) in [5.41, 5.74) is 6.88. The number of esters is 1. The van der Waals surface area contributed by atoms with Crippen LogP contribution in [0.5, 0.6) is 0 Å². The fraction of sp³-hybridized carbons (Fsp3) is 0.667. The van der Waals surface area contributed by atoms with Crippen molar-refractivity contribution < 1.29 is 9.53 Å². The van der Waals surface area contributed by atoms with Gasteiger partial charge in [0.05, 0.1) is 12.2 Å². The molecule has 0 aliphatic carbocycles. The molecule has 0 amide bonds. The molecule has 0 saturated carbocycles. The molecule has 0 spiro atoms.